The number of rotatable bonds is 4. The van der Waals surface area contributed by atoms with E-state index in [9.17, 15) is 14.0 Å². The molecule has 8 heteroatoms. The predicted molar refractivity (Wildman–Crippen MR) is 112 cm³/mol. The van der Waals surface area contributed by atoms with E-state index < -0.39 is 0 Å². The van der Waals surface area contributed by atoms with Crippen LogP contribution in [0, 0.1) is 12.7 Å². The maximum atomic E-state index is 13.1. The van der Waals surface area contributed by atoms with E-state index >= 15 is 0 Å². The number of benzene rings is 1. The number of aromatic nitrogens is 2. The van der Waals surface area contributed by atoms with Crippen LogP contribution in [0.25, 0.3) is 10.6 Å². The maximum Gasteiger partial charge on any atom is 0.267 e. The zero-order valence-electron chi connectivity index (χ0n) is 16.0. The van der Waals surface area contributed by atoms with Crippen molar-refractivity contribution in [3.8, 4) is 10.6 Å². The number of nitrogens with zero attached hydrogens (tertiary/aromatic N) is 4. The third kappa shape index (κ3) is 4.37. The van der Waals surface area contributed by atoms with Gasteiger partial charge in [-0.15, -0.1) is 11.3 Å². The first-order valence-electron chi connectivity index (χ1n) is 9.43. The second kappa shape index (κ2) is 8.16. The summed E-state index contributed by atoms with van der Waals surface area (Å²) in [7, 11) is 0. The van der Waals surface area contributed by atoms with E-state index in [1.807, 2.05) is 19.1 Å². The predicted octanol–water partition coefficient (Wildman–Crippen LogP) is 2.77. The lowest BCUT2D eigenvalue weighted by Crippen LogP contribution is -2.50. The van der Waals surface area contributed by atoms with Crippen LogP contribution in [0.3, 0.4) is 0 Å². The lowest BCUT2D eigenvalue weighted by Gasteiger charge is -2.36. The van der Waals surface area contributed by atoms with Crippen molar-refractivity contribution in [1.82, 2.24) is 14.7 Å². The number of piperazine rings is 1. The first kappa shape index (κ1) is 19.3. The highest BCUT2D eigenvalue weighted by atomic mass is 32.1. The summed E-state index contributed by atoms with van der Waals surface area (Å²) in [6, 6.07) is 13.5. The van der Waals surface area contributed by atoms with Gasteiger partial charge in [-0.3, -0.25) is 9.59 Å². The summed E-state index contributed by atoms with van der Waals surface area (Å²) in [5, 5.41) is 4.38. The van der Waals surface area contributed by atoms with Crippen LogP contribution >= 0.6 is 11.3 Å². The molecule has 1 aliphatic rings. The van der Waals surface area contributed by atoms with Crippen LogP contribution in [0.1, 0.15) is 4.88 Å². The second-order valence-electron chi connectivity index (χ2n) is 6.97. The number of anilines is 1. The zero-order chi connectivity index (χ0) is 20.4. The highest BCUT2D eigenvalue weighted by Gasteiger charge is 2.22. The Bertz CT molecular complexity index is 1070. The van der Waals surface area contributed by atoms with Gasteiger partial charge in [0.1, 0.15) is 18.1 Å². The van der Waals surface area contributed by atoms with Gasteiger partial charge in [0.25, 0.3) is 5.56 Å². The molecule has 0 atom stereocenters. The van der Waals surface area contributed by atoms with Crippen molar-refractivity contribution in [2.45, 2.75) is 13.5 Å². The van der Waals surface area contributed by atoms with Gasteiger partial charge in [0.15, 0.2) is 0 Å². The molecular formula is C21H21FN4O2S. The molecule has 0 spiro atoms. The first-order valence-corrected chi connectivity index (χ1v) is 10.2. The molecule has 2 aromatic heterocycles. The minimum absolute atomic E-state index is 0.0758. The number of aryl methyl sites for hydroxylation is 1. The Balaban J connectivity index is 1.41. The van der Waals surface area contributed by atoms with Crippen molar-refractivity contribution in [1.29, 1.82) is 0 Å². The van der Waals surface area contributed by atoms with E-state index in [0.29, 0.717) is 31.9 Å². The Labute approximate surface area is 171 Å². The molecule has 150 valence electrons. The van der Waals surface area contributed by atoms with Gasteiger partial charge in [0.2, 0.25) is 5.91 Å². The summed E-state index contributed by atoms with van der Waals surface area (Å²) in [5.41, 5.74) is 1.34. The van der Waals surface area contributed by atoms with E-state index in [1.165, 1.54) is 22.9 Å². The molecule has 6 nitrogen and oxygen atoms in total. The van der Waals surface area contributed by atoms with Gasteiger partial charge in [-0.2, -0.15) is 5.10 Å². The van der Waals surface area contributed by atoms with Crippen LogP contribution in [-0.2, 0) is 11.3 Å². The van der Waals surface area contributed by atoms with Gasteiger partial charge >= 0.3 is 0 Å². The Morgan fingerprint density at radius 3 is 2.41 bits per heavy atom. The number of thiophene rings is 1. The molecule has 0 saturated carbocycles. The lowest BCUT2D eigenvalue weighted by molar-refractivity contribution is -0.132. The summed E-state index contributed by atoms with van der Waals surface area (Å²) in [6.07, 6.45) is 0. The monoisotopic (exact) mass is 412 g/mol. The molecule has 4 rings (SSSR count). The average molecular weight is 412 g/mol. The lowest BCUT2D eigenvalue weighted by atomic mass is 10.2. The fourth-order valence-electron chi connectivity index (χ4n) is 3.36. The largest absolute Gasteiger partial charge is 0.368 e. The minimum atomic E-state index is -0.291. The van der Waals surface area contributed by atoms with Gasteiger partial charge in [-0.1, -0.05) is 0 Å². The molecule has 0 radical (unpaired) electrons. The number of carbonyl (C=O) groups is 1. The highest BCUT2D eigenvalue weighted by Crippen LogP contribution is 2.25. The smallest absolute Gasteiger partial charge is 0.267 e. The fourth-order valence-corrected chi connectivity index (χ4v) is 4.19. The molecule has 3 heterocycles. The topological polar surface area (TPSA) is 58.4 Å². The molecule has 1 saturated heterocycles. The van der Waals surface area contributed by atoms with Crippen molar-refractivity contribution in [2.75, 3.05) is 31.1 Å². The summed E-state index contributed by atoms with van der Waals surface area (Å²) in [4.78, 5) is 30.9. The number of hydrogen-bond acceptors (Lipinski definition) is 5. The van der Waals surface area contributed by atoms with E-state index in [-0.39, 0.29) is 23.8 Å². The molecule has 3 aromatic rings. The molecule has 1 aliphatic heterocycles. The van der Waals surface area contributed by atoms with Gasteiger partial charge in [-0.05, 0) is 49.4 Å². The van der Waals surface area contributed by atoms with Crippen LogP contribution in [0.15, 0.2) is 53.3 Å². The molecule has 0 N–H and O–H groups in total. The van der Waals surface area contributed by atoms with Gasteiger partial charge in [0, 0.05) is 42.8 Å². The van der Waals surface area contributed by atoms with Crippen LogP contribution in [0.5, 0.6) is 0 Å². The summed E-state index contributed by atoms with van der Waals surface area (Å²) in [5.74, 6) is -0.390. The molecule has 1 fully saturated rings. The van der Waals surface area contributed by atoms with E-state index in [1.54, 1.807) is 34.4 Å². The summed E-state index contributed by atoms with van der Waals surface area (Å²) < 4.78 is 14.3. The Morgan fingerprint density at radius 2 is 1.76 bits per heavy atom. The second-order valence-corrected chi connectivity index (χ2v) is 8.26. The van der Waals surface area contributed by atoms with Crippen molar-refractivity contribution in [3.05, 3.63) is 69.6 Å². The third-order valence-corrected chi connectivity index (χ3v) is 5.99. The average Bonchev–Trinajstić information content (AvgIpc) is 3.16. The van der Waals surface area contributed by atoms with Crippen LogP contribution in [-0.4, -0.2) is 46.8 Å². The van der Waals surface area contributed by atoms with Crippen molar-refractivity contribution in [3.63, 3.8) is 0 Å². The first-order chi connectivity index (χ1) is 14.0. The molecule has 0 unspecified atom stereocenters. The van der Waals surface area contributed by atoms with Crippen molar-refractivity contribution >= 4 is 22.9 Å². The Morgan fingerprint density at radius 1 is 1.03 bits per heavy atom. The standard InChI is InChI=1S/C21H21FN4O2S/c1-15-2-8-19(29-15)18-7-9-20(27)26(23-18)14-21(28)25-12-10-24(11-13-25)17-5-3-16(22)4-6-17/h2-9H,10-14H2,1H3. The SMILES string of the molecule is Cc1ccc(-c2ccc(=O)n(CC(=O)N3CCN(c4ccc(F)cc4)CC3)n2)s1. The quantitative estimate of drug-likeness (QED) is 0.661. The van der Waals surface area contributed by atoms with Crippen LogP contribution < -0.4 is 10.5 Å². The fraction of sp³-hybridized carbons (Fsp3) is 0.286. The third-order valence-electron chi connectivity index (χ3n) is 4.97. The van der Waals surface area contributed by atoms with Crippen molar-refractivity contribution in [2.24, 2.45) is 0 Å². The number of carbonyl (C=O) groups excluding carboxylic acids is 1. The zero-order valence-corrected chi connectivity index (χ0v) is 16.9. The number of amides is 1. The molecule has 0 bridgehead atoms. The summed E-state index contributed by atoms with van der Waals surface area (Å²) >= 11 is 1.60. The van der Waals surface area contributed by atoms with Gasteiger partial charge in [-0.25, -0.2) is 9.07 Å². The molecular weight excluding hydrogens is 391 g/mol. The van der Waals surface area contributed by atoms with E-state index in [2.05, 4.69) is 10.00 Å². The molecule has 0 aliphatic carbocycles. The maximum absolute atomic E-state index is 13.1. The minimum Gasteiger partial charge on any atom is -0.368 e. The molecule has 1 aromatic carbocycles. The van der Waals surface area contributed by atoms with Crippen molar-refractivity contribution < 1.29 is 9.18 Å². The van der Waals surface area contributed by atoms with E-state index in [4.69, 9.17) is 0 Å². The van der Waals surface area contributed by atoms with Crippen LogP contribution in [0.4, 0.5) is 10.1 Å². The normalized spacial score (nSPS) is 14.3. The van der Waals surface area contributed by atoms with Gasteiger partial charge < -0.3 is 9.80 Å². The number of hydrogen-bond donors (Lipinski definition) is 0. The highest BCUT2D eigenvalue weighted by molar-refractivity contribution is 7.15. The Hall–Kier alpha value is -3.00. The Kier molecular flexibility index (Phi) is 5.44. The summed E-state index contributed by atoms with van der Waals surface area (Å²) in [6.45, 7) is 4.36. The van der Waals surface area contributed by atoms with Crippen LogP contribution in [0.2, 0.25) is 0 Å². The van der Waals surface area contributed by atoms with Gasteiger partial charge in [0.05, 0.1) is 4.88 Å². The molecule has 29 heavy (non-hydrogen) atoms. The van der Waals surface area contributed by atoms with E-state index in [0.717, 1.165) is 15.4 Å². The molecule has 1 amide bonds. The number of halogens is 1.